The topological polar surface area (TPSA) is 40.5 Å². The molecule has 0 bridgehead atoms. The summed E-state index contributed by atoms with van der Waals surface area (Å²) in [6.07, 6.45) is -1.36. The molecule has 0 aromatic heterocycles. The number of aliphatic carboxylic acids is 1. The van der Waals surface area contributed by atoms with Gasteiger partial charge >= 0.3 is 12.1 Å². The quantitative estimate of drug-likeness (QED) is 0.298. The van der Waals surface area contributed by atoms with Crippen molar-refractivity contribution in [2.24, 2.45) is 0 Å². The number of hydrogen-bond acceptors (Lipinski definition) is 2. The highest BCUT2D eigenvalue weighted by Gasteiger charge is 2.31. The molecule has 3 aromatic rings. The number of nitrogens with zero attached hydrogens (tertiary/aromatic N) is 1. The fraction of sp³-hybridized carbons (Fsp3) is 0.250. The molecule has 1 fully saturated rings. The average Bonchev–Trinajstić information content (AvgIpc) is 2.85. The third kappa shape index (κ3) is 5.46. The lowest BCUT2D eigenvalue weighted by Crippen LogP contribution is -2.34. The molecule has 0 spiro atoms. The maximum atomic E-state index is 13.7. The van der Waals surface area contributed by atoms with Crippen LogP contribution < -0.4 is 0 Å². The molecule has 1 aliphatic rings. The number of halogens is 4. The Balaban J connectivity index is 1.90. The highest BCUT2D eigenvalue weighted by atomic mass is 19.4. The van der Waals surface area contributed by atoms with Crippen molar-refractivity contribution in [3.05, 3.63) is 101 Å². The lowest BCUT2D eigenvalue weighted by Gasteiger charge is -2.36. The molecule has 1 heterocycles. The zero-order valence-corrected chi connectivity index (χ0v) is 19.0. The van der Waals surface area contributed by atoms with Crippen molar-refractivity contribution in [1.82, 2.24) is 4.90 Å². The van der Waals surface area contributed by atoms with E-state index in [-0.39, 0.29) is 17.4 Å². The summed E-state index contributed by atoms with van der Waals surface area (Å²) in [5, 5.41) is 9.44. The molecule has 0 radical (unpaired) electrons. The average molecular weight is 484 g/mol. The lowest BCUT2D eigenvalue weighted by atomic mass is 9.86. The van der Waals surface area contributed by atoms with Crippen LogP contribution in [0.3, 0.4) is 0 Å². The van der Waals surface area contributed by atoms with E-state index in [9.17, 15) is 27.5 Å². The Labute approximate surface area is 201 Å². The molecule has 7 heteroatoms. The van der Waals surface area contributed by atoms with Crippen molar-refractivity contribution in [3.8, 4) is 11.1 Å². The van der Waals surface area contributed by atoms with Crippen molar-refractivity contribution >= 4 is 11.5 Å². The van der Waals surface area contributed by atoms with Crippen LogP contribution in [0.2, 0.25) is 0 Å². The molecule has 3 aromatic carbocycles. The molecule has 3 nitrogen and oxygen atoms in total. The molecule has 1 saturated heterocycles. The number of rotatable bonds is 6. The predicted molar refractivity (Wildman–Crippen MR) is 127 cm³/mol. The summed E-state index contributed by atoms with van der Waals surface area (Å²) < 4.78 is 53.2. The van der Waals surface area contributed by atoms with Gasteiger partial charge in [-0.1, -0.05) is 49.4 Å². The Morgan fingerprint density at radius 2 is 1.54 bits per heavy atom. The molecule has 0 aliphatic carbocycles. The van der Waals surface area contributed by atoms with Crippen LogP contribution in [0.4, 0.5) is 17.6 Å². The minimum atomic E-state index is -4.47. The van der Waals surface area contributed by atoms with Crippen molar-refractivity contribution < 1.29 is 27.5 Å². The number of piperidine rings is 1. The number of benzene rings is 3. The van der Waals surface area contributed by atoms with Gasteiger partial charge in [0.1, 0.15) is 5.82 Å². The molecule has 35 heavy (non-hydrogen) atoms. The second-order valence-corrected chi connectivity index (χ2v) is 8.71. The van der Waals surface area contributed by atoms with Crippen LogP contribution >= 0.6 is 0 Å². The summed E-state index contributed by atoms with van der Waals surface area (Å²) in [6.45, 7) is 5.27. The van der Waals surface area contributed by atoms with Crippen LogP contribution in [0, 0.1) is 5.82 Å². The molecule has 1 unspecified atom stereocenters. The third-order valence-corrected chi connectivity index (χ3v) is 6.42. The fourth-order valence-electron chi connectivity index (χ4n) is 4.60. The first-order valence-electron chi connectivity index (χ1n) is 11.4. The standard InChI is InChI=1S/C28H25F4NO2/c1-18(27(34)35)21-9-14-24(25(17-21)19-5-10-22(11-6-19)28(30,31)32)26(33-15-3-2-4-16-33)20-7-12-23(29)13-8-20/h5-14,17,26H,1-4,15-16H2,(H,34,35). The normalized spacial score (nSPS) is 15.5. The Morgan fingerprint density at radius 1 is 0.914 bits per heavy atom. The van der Waals surface area contributed by atoms with Gasteiger partial charge < -0.3 is 5.11 Å². The first-order valence-corrected chi connectivity index (χ1v) is 11.4. The van der Waals surface area contributed by atoms with E-state index in [1.165, 1.54) is 24.3 Å². The number of likely N-dealkylation sites (tertiary alicyclic amines) is 1. The SMILES string of the molecule is C=C(C(=O)O)c1ccc(C(c2ccc(F)cc2)N2CCCCC2)c(-c2ccc(C(F)(F)F)cc2)c1. The highest BCUT2D eigenvalue weighted by molar-refractivity contribution is 6.14. The van der Waals surface area contributed by atoms with Gasteiger partial charge in [-0.25, -0.2) is 9.18 Å². The van der Waals surface area contributed by atoms with E-state index in [1.54, 1.807) is 30.3 Å². The van der Waals surface area contributed by atoms with Crippen molar-refractivity contribution in [2.75, 3.05) is 13.1 Å². The lowest BCUT2D eigenvalue weighted by molar-refractivity contribution is -0.137. The number of carboxylic acids is 1. The van der Waals surface area contributed by atoms with Crippen molar-refractivity contribution in [1.29, 1.82) is 0 Å². The van der Waals surface area contributed by atoms with Gasteiger partial charge in [-0.15, -0.1) is 0 Å². The Kier molecular flexibility index (Phi) is 7.08. The van der Waals surface area contributed by atoms with Gasteiger partial charge in [-0.2, -0.15) is 13.2 Å². The van der Waals surface area contributed by atoms with Crippen LogP contribution in [0.1, 0.15) is 47.6 Å². The van der Waals surface area contributed by atoms with Gasteiger partial charge in [-0.3, -0.25) is 4.90 Å². The molecule has 1 N–H and O–H groups in total. The monoisotopic (exact) mass is 483 g/mol. The van der Waals surface area contributed by atoms with E-state index >= 15 is 0 Å². The molecule has 182 valence electrons. The molecular formula is C28H25F4NO2. The zero-order chi connectivity index (χ0) is 25.2. The molecule has 0 saturated carbocycles. The summed E-state index contributed by atoms with van der Waals surface area (Å²) in [4.78, 5) is 13.8. The number of alkyl halides is 3. The number of hydrogen-bond donors (Lipinski definition) is 1. The van der Waals surface area contributed by atoms with E-state index in [2.05, 4.69) is 11.5 Å². The maximum Gasteiger partial charge on any atom is 0.416 e. The van der Waals surface area contributed by atoms with E-state index in [4.69, 9.17) is 0 Å². The van der Waals surface area contributed by atoms with Crippen LogP contribution in [0.15, 0.2) is 73.3 Å². The largest absolute Gasteiger partial charge is 0.478 e. The molecule has 1 atom stereocenters. The van der Waals surface area contributed by atoms with Crippen molar-refractivity contribution in [2.45, 2.75) is 31.5 Å². The first-order chi connectivity index (χ1) is 16.6. The number of carbonyl (C=O) groups is 1. The molecular weight excluding hydrogens is 458 g/mol. The van der Waals surface area contributed by atoms with Crippen LogP contribution in [0.5, 0.6) is 0 Å². The first kappa shape index (κ1) is 24.7. The van der Waals surface area contributed by atoms with Gasteiger partial charge in [-0.05, 0) is 84.1 Å². The highest BCUT2D eigenvalue weighted by Crippen LogP contribution is 2.39. The second kappa shape index (κ2) is 10.0. The van der Waals surface area contributed by atoms with E-state index in [0.29, 0.717) is 16.7 Å². The van der Waals surface area contributed by atoms with Gasteiger partial charge in [0.15, 0.2) is 0 Å². The Bertz CT molecular complexity index is 1210. The smallest absolute Gasteiger partial charge is 0.416 e. The second-order valence-electron chi connectivity index (χ2n) is 8.71. The Morgan fingerprint density at radius 3 is 2.11 bits per heavy atom. The summed E-state index contributed by atoms with van der Waals surface area (Å²) in [6, 6.07) is 15.9. The summed E-state index contributed by atoms with van der Waals surface area (Å²) in [5.41, 5.74) is 2.29. The van der Waals surface area contributed by atoms with Crippen LogP contribution in [0.25, 0.3) is 16.7 Å². The van der Waals surface area contributed by atoms with Crippen molar-refractivity contribution in [3.63, 3.8) is 0 Å². The molecule has 4 rings (SSSR count). The van der Waals surface area contributed by atoms with Gasteiger partial charge in [0.05, 0.1) is 17.2 Å². The van der Waals surface area contributed by atoms with E-state index in [1.807, 2.05) is 0 Å². The summed E-state index contributed by atoms with van der Waals surface area (Å²) >= 11 is 0. The Hall–Kier alpha value is -3.45. The number of carboxylic acid groups (broad SMARTS) is 1. The summed E-state index contributed by atoms with van der Waals surface area (Å²) in [5.74, 6) is -1.54. The third-order valence-electron chi connectivity index (χ3n) is 6.42. The fourth-order valence-corrected chi connectivity index (χ4v) is 4.60. The summed E-state index contributed by atoms with van der Waals surface area (Å²) in [7, 11) is 0. The van der Waals surface area contributed by atoms with Gasteiger partial charge in [0.2, 0.25) is 0 Å². The van der Waals surface area contributed by atoms with Gasteiger partial charge in [0.25, 0.3) is 0 Å². The van der Waals surface area contributed by atoms with Crippen LogP contribution in [-0.4, -0.2) is 29.1 Å². The molecule has 0 amide bonds. The van der Waals surface area contributed by atoms with E-state index in [0.717, 1.165) is 55.6 Å². The van der Waals surface area contributed by atoms with Crippen LogP contribution in [-0.2, 0) is 11.0 Å². The zero-order valence-electron chi connectivity index (χ0n) is 19.0. The van der Waals surface area contributed by atoms with E-state index < -0.39 is 17.7 Å². The van der Waals surface area contributed by atoms with Gasteiger partial charge in [0, 0.05) is 0 Å². The maximum absolute atomic E-state index is 13.7. The molecule has 1 aliphatic heterocycles. The minimum absolute atomic E-state index is 0.110. The minimum Gasteiger partial charge on any atom is -0.478 e. The predicted octanol–water partition coefficient (Wildman–Crippen LogP) is 7.18.